The zero-order valence-electron chi connectivity index (χ0n) is 11.8. The van der Waals surface area contributed by atoms with Crippen molar-refractivity contribution < 1.29 is 4.74 Å². The van der Waals surface area contributed by atoms with Gasteiger partial charge in [-0.2, -0.15) is 0 Å². The molecule has 4 heteroatoms. The summed E-state index contributed by atoms with van der Waals surface area (Å²) in [6.45, 7) is 0.655. The second-order valence-corrected chi connectivity index (χ2v) is 5.25. The molecule has 3 N–H and O–H groups in total. The lowest BCUT2D eigenvalue weighted by Gasteiger charge is -2.08. The van der Waals surface area contributed by atoms with Crippen molar-refractivity contribution in [1.82, 2.24) is 0 Å². The maximum absolute atomic E-state index is 7.37. The molecule has 0 heterocycles. The van der Waals surface area contributed by atoms with Gasteiger partial charge in [0.1, 0.15) is 11.6 Å². The first-order chi connectivity index (χ1) is 10.2. The van der Waals surface area contributed by atoms with E-state index >= 15 is 0 Å². The average molecular weight is 303 g/mol. The lowest BCUT2D eigenvalue weighted by molar-refractivity contribution is 0.307. The van der Waals surface area contributed by atoms with E-state index in [0.717, 1.165) is 19.3 Å². The number of unbranched alkanes of at least 4 members (excludes halogenated alkanes) is 1. The molecule has 0 saturated heterocycles. The van der Waals surface area contributed by atoms with Crippen LogP contribution in [0.25, 0.3) is 0 Å². The van der Waals surface area contributed by atoms with E-state index in [9.17, 15) is 0 Å². The number of ether oxygens (including phenoxy) is 1. The minimum absolute atomic E-state index is 0.0330. The number of nitrogens with two attached hydrogens (primary N) is 1. The van der Waals surface area contributed by atoms with Crippen molar-refractivity contribution in [3.8, 4) is 5.75 Å². The molecule has 0 unspecified atom stereocenters. The van der Waals surface area contributed by atoms with Gasteiger partial charge in [0.2, 0.25) is 0 Å². The number of hydrogen-bond acceptors (Lipinski definition) is 2. The van der Waals surface area contributed by atoms with Gasteiger partial charge in [0, 0.05) is 5.56 Å². The summed E-state index contributed by atoms with van der Waals surface area (Å²) in [4.78, 5) is 0. The fourth-order valence-corrected chi connectivity index (χ4v) is 2.34. The number of nitrogen functional groups attached to an aromatic ring is 1. The zero-order valence-corrected chi connectivity index (χ0v) is 12.6. The highest BCUT2D eigenvalue weighted by Crippen LogP contribution is 2.22. The first kappa shape index (κ1) is 15.4. The minimum atomic E-state index is -0.0330. The number of hydrogen-bond donors (Lipinski definition) is 2. The maximum Gasteiger partial charge on any atom is 0.124 e. The zero-order chi connectivity index (χ0) is 15.1. The highest BCUT2D eigenvalue weighted by atomic mass is 35.5. The number of halogens is 1. The Hall–Kier alpha value is -2.00. The molecule has 0 radical (unpaired) electrons. The van der Waals surface area contributed by atoms with Gasteiger partial charge in [-0.1, -0.05) is 41.9 Å². The molecule has 0 fully saturated rings. The SMILES string of the molecule is N=C(N)c1ccc(OCCCCc2ccccc2)cc1Cl. The molecule has 0 aliphatic rings. The molecule has 3 nitrogen and oxygen atoms in total. The molecule has 0 saturated carbocycles. The van der Waals surface area contributed by atoms with Crippen LogP contribution in [0.15, 0.2) is 48.5 Å². The molecule has 2 aromatic rings. The van der Waals surface area contributed by atoms with Gasteiger partial charge in [0.25, 0.3) is 0 Å². The predicted molar refractivity (Wildman–Crippen MR) is 87.3 cm³/mol. The van der Waals surface area contributed by atoms with Crippen molar-refractivity contribution in [2.45, 2.75) is 19.3 Å². The molecule has 110 valence electrons. The molecule has 0 aromatic heterocycles. The summed E-state index contributed by atoms with van der Waals surface area (Å²) in [6, 6.07) is 15.6. The summed E-state index contributed by atoms with van der Waals surface area (Å²) in [5.74, 6) is 0.680. The standard InChI is InChI=1S/C17H19ClN2O/c18-16-12-14(9-10-15(16)17(19)20)21-11-5-4-8-13-6-2-1-3-7-13/h1-3,6-7,9-10,12H,4-5,8,11H2,(H3,19,20). The Kier molecular flexibility index (Phi) is 5.64. The van der Waals surface area contributed by atoms with Gasteiger partial charge in [-0.15, -0.1) is 0 Å². The quantitative estimate of drug-likeness (QED) is 0.461. The van der Waals surface area contributed by atoms with E-state index in [4.69, 9.17) is 27.5 Å². The smallest absolute Gasteiger partial charge is 0.124 e. The summed E-state index contributed by atoms with van der Waals surface area (Å²) in [5, 5.41) is 7.82. The largest absolute Gasteiger partial charge is 0.494 e. The Morgan fingerprint density at radius 1 is 1.10 bits per heavy atom. The third kappa shape index (κ3) is 4.80. The van der Waals surface area contributed by atoms with Gasteiger partial charge in [0.15, 0.2) is 0 Å². The molecule has 0 amide bonds. The number of amidine groups is 1. The number of aryl methyl sites for hydroxylation is 1. The normalized spacial score (nSPS) is 10.3. The van der Waals surface area contributed by atoms with Crippen molar-refractivity contribution in [2.75, 3.05) is 6.61 Å². The van der Waals surface area contributed by atoms with Crippen LogP contribution in [0.5, 0.6) is 5.75 Å². The van der Waals surface area contributed by atoms with Crippen LogP contribution in [-0.4, -0.2) is 12.4 Å². The van der Waals surface area contributed by atoms with Gasteiger partial charge in [-0.3, -0.25) is 5.41 Å². The van der Waals surface area contributed by atoms with Gasteiger partial charge >= 0.3 is 0 Å². The van der Waals surface area contributed by atoms with Crippen LogP contribution < -0.4 is 10.5 Å². The predicted octanol–water partition coefficient (Wildman–Crippen LogP) is 4.03. The van der Waals surface area contributed by atoms with E-state index in [1.54, 1.807) is 18.2 Å². The topological polar surface area (TPSA) is 59.1 Å². The van der Waals surface area contributed by atoms with Crippen molar-refractivity contribution in [3.63, 3.8) is 0 Å². The lowest BCUT2D eigenvalue weighted by Crippen LogP contribution is -2.11. The average Bonchev–Trinajstić information content (AvgIpc) is 2.47. The molecule has 2 aromatic carbocycles. The van der Waals surface area contributed by atoms with E-state index < -0.39 is 0 Å². The maximum atomic E-state index is 7.37. The van der Waals surface area contributed by atoms with Crippen LogP contribution in [0.4, 0.5) is 0 Å². The summed E-state index contributed by atoms with van der Waals surface area (Å²) >= 11 is 6.04. The van der Waals surface area contributed by atoms with Gasteiger partial charge < -0.3 is 10.5 Å². The molecular formula is C17H19ClN2O. The van der Waals surface area contributed by atoms with Crippen LogP contribution in [0.2, 0.25) is 5.02 Å². The molecule has 2 rings (SSSR count). The number of rotatable bonds is 7. The molecule has 0 aliphatic carbocycles. The van der Waals surface area contributed by atoms with Gasteiger partial charge in [-0.05, 0) is 43.0 Å². The van der Waals surface area contributed by atoms with Crippen LogP contribution in [0.3, 0.4) is 0 Å². The summed E-state index contributed by atoms with van der Waals surface area (Å²) < 4.78 is 5.66. The molecule has 0 spiro atoms. The highest BCUT2D eigenvalue weighted by molar-refractivity contribution is 6.34. The summed E-state index contributed by atoms with van der Waals surface area (Å²) in [5.41, 5.74) is 7.31. The summed E-state index contributed by atoms with van der Waals surface area (Å²) in [6.07, 6.45) is 3.14. The van der Waals surface area contributed by atoms with E-state index in [1.807, 2.05) is 6.07 Å². The Balaban J connectivity index is 1.74. The van der Waals surface area contributed by atoms with Crippen molar-refractivity contribution in [2.24, 2.45) is 5.73 Å². The van der Waals surface area contributed by atoms with Crippen LogP contribution in [-0.2, 0) is 6.42 Å². The van der Waals surface area contributed by atoms with E-state index in [-0.39, 0.29) is 5.84 Å². The van der Waals surface area contributed by atoms with Crippen molar-refractivity contribution >= 4 is 17.4 Å². The van der Waals surface area contributed by atoms with E-state index in [0.29, 0.717) is 22.9 Å². The first-order valence-corrected chi connectivity index (χ1v) is 7.35. The third-order valence-electron chi connectivity index (χ3n) is 3.20. The molecule has 0 bridgehead atoms. The highest BCUT2D eigenvalue weighted by Gasteiger charge is 2.05. The van der Waals surface area contributed by atoms with E-state index in [1.165, 1.54) is 5.56 Å². The molecule has 0 atom stereocenters. The van der Waals surface area contributed by atoms with Crippen molar-refractivity contribution in [3.05, 3.63) is 64.7 Å². The first-order valence-electron chi connectivity index (χ1n) is 6.97. The second kappa shape index (κ2) is 7.70. The van der Waals surface area contributed by atoms with E-state index in [2.05, 4.69) is 24.3 Å². The van der Waals surface area contributed by atoms with Crippen LogP contribution in [0.1, 0.15) is 24.0 Å². The second-order valence-electron chi connectivity index (χ2n) is 4.85. The van der Waals surface area contributed by atoms with Crippen LogP contribution >= 0.6 is 11.6 Å². The Morgan fingerprint density at radius 2 is 1.86 bits per heavy atom. The fourth-order valence-electron chi connectivity index (χ4n) is 2.07. The van der Waals surface area contributed by atoms with Crippen molar-refractivity contribution in [1.29, 1.82) is 5.41 Å². The monoisotopic (exact) mass is 302 g/mol. The van der Waals surface area contributed by atoms with Gasteiger partial charge in [0.05, 0.1) is 11.6 Å². The Morgan fingerprint density at radius 3 is 2.52 bits per heavy atom. The molecule has 21 heavy (non-hydrogen) atoms. The molecular weight excluding hydrogens is 284 g/mol. The number of nitrogens with one attached hydrogen (secondary N) is 1. The Bertz CT molecular complexity index is 599. The fraction of sp³-hybridized carbons (Fsp3) is 0.235. The lowest BCUT2D eigenvalue weighted by atomic mass is 10.1. The van der Waals surface area contributed by atoms with Crippen LogP contribution in [0, 0.1) is 5.41 Å². The molecule has 0 aliphatic heterocycles. The number of benzene rings is 2. The van der Waals surface area contributed by atoms with Gasteiger partial charge in [-0.25, -0.2) is 0 Å². The summed E-state index contributed by atoms with van der Waals surface area (Å²) in [7, 11) is 0. The minimum Gasteiger partial charge on any atom is -0.494 e. The third-order valence-corrected chi connectivity index (χ3v) is 3.51. The Labute approximate surface area is 130 Å².